The minimum Gasteiger partial charge on any atom is -0.399 e. The smallest absolute Gasteiger partial charge is 0.0426 e. The molecule has 2 aromatic rings. The van der Waals surface area contributed by atoms with Crippen molar-refractivity contribution in [3.05, 3.63) is 59.7 Å². The summed E-state index contributed by atoms with van der Waals surface area (Å²) in [4.78, 5) is 2.22. The molecule has 0 aromatic heterocycles. The Morgan fingerprint density at radius 3 is 2.53 bits per heavy atom. The normalized spacial score (nSPS) is 10.2. The molecule has 2 aromatic carbocycles. The fourth-order valence-corrected chi connectivity index (χ4v) is 1.92. The fourth-order valence-electron chi connectivity index (χ4n) is 1.92. The summed E-state index contributed by atoms with van der Waals surface area (Å²) in [6, 6.07) is 16.5. The Hall–Kier alpha value is -1.96. The number of hydrogen-bond acceptors (Lipinski definition) is 2. The quantitative estimate of drug-likeness (QED) is 0.814. The van der Waals surface area contributed by atoms with Gasteiger partial charge in [0.2, 0.25) is 0 Å². The van der Waals surface area contributed by atoms with Crippen molar-refractivity contribution < 1.29 is 0 Å². The third-order valence-corrected chi connectivity index (χ3v) is 2.81. The van der Waals surface area contributed by atoms with Gasteiger partial charge in [-0.15, -0.1) is 0 Å². The molecular formula is C15H18N2. The first-order valence-electron chi connectivity index (χ1n) is 5.77. The lowest BCUT2D eigenvalue weighted by atomic mass is 10.1. The van der Waals surface area contributed by atoms with Crippen molar-refractivity contribution in [2.75, 3.05) is 17.7 Å². The lowest BCUT2D eigenvalue weighted by Gasteiger charge is -2.20. The van der Waals surface area contributed by atoms with E-state index in [1.54, 1.807) is 0 Å². The second-order valence-corrected chi connectivity index (χ2v) is 4.44. The van der Waals surface area contributed by atoms with Crippen LogP contribution in [0.1, 0.15) is 11.1 Å². The summed E-state index contributed by atoms with van der Waals surface area (Å²) < 4.78 is 0. The maximum absolute atomic E-state index is 5.78. The topological polar surface area (TPSA) is 29.3 Å². The first-order valence-corrected chi connectivity index (χ1v) is 5.77. The lowest BCUT2D eigenvalue weighted by Crippen LogP contribution is -2.16. The number of rotatable bonds is 3. The van der Waals surface area contributed by atoms with Crippen LogP contribution in [-0.4, -0.2) is 7.05 Å². The van der Waals surface area contributed by atoms with Gasteiger partial charge in [-0.3, -0.25) is 0 Å². The highest BCUT2D eigenvalue weighted by Gasteiger charge is 2.02. The van der Waals surface area contributed by atoms with Crippen molar-refractivity contribution in [3.63, 3.8) is 0 Å². The molecule has 88 valence electrons. The minimum atomic E-state index is 0.820. The number of hydrogen-bond donors (Lipinski definition) is 1. The molecule has 0 heterocycles. The van der Waals surface area contributed by atoms with Crippen LogP contribution in [0, 0.1) is 6.92 Å². The van der Waals surface area contributed by atoms with E-state index in [0.717, 1.165) is 12.2 Å². The average molecular weight is 226 g/mol. The molecule has 17 heavy (non-hydrogen) atoms. The van der Waals surface area contributed by atoms with Crippen LogP contribution in [0.25, 0.3) is 0 Å². The number of aryl methyl sites for hydroxylation is 1. The first kappa shape index (κ1) is 11.5. The molecule has 2 heteroatoms. The van der Waals surface area contributed by atoms with Crippen LogP contribution in [0.5, 0.6) is 0 Å². The molecule has 0 aliphatic rings. The zero-order valence-corrected chi connectivity index (χ0v) is 10.4. The average Bonchev–Trinajstić information content (AvgIpc) is 2.29. The SMILES string of the molecule is Cc1cccc(N(C)Cc2cccc(N)c2)c1. The van der Waals surface area contributed by atoms with Crippen LogP contribution in [0.15, 0.2) is 48.5 Å². The Morgan fingerprint density at radius 2 is 1.82 bits per heavy atom. The summed E-state index contributed by atoms with van der Waals surface area (Å²) in [5.41, 5.74) is 10.3. The van der Waals surface area contributed by atoms with Crippen molar-refractivity contribution in [1.82, 2.24) is 0 Å². The van der Waals surface area contributed by atoms with Crippen LogP contribution in [0.3, 0.4) is 0 Å². The van der Waals surface area contributed by atoms with Gasteiger partial charge in [0, 0.05) is 25.0 Å². The monoisotopic (exact) mass is 226 g/mol. The fraction of sp³-hybridized carbons (Fsp3) is 0.200. The number of nitrogen functional groups attached to an aromatic ring is 1. The minimum absolute atomic E-state index is 0.820. The third kappa shape index (κ3) is 3.00. The van der Waals surface area contributed by atoms with Crippen LogP contribution in [-0.2, 0) is 6.54 Å². The summed E-state index contributed by atoms with van der Waals surface area (Å²) in [6.07, 6.45) is 0. The summed E-state index contributed by atoms with van der Waals surface area (Å²) in [5.74, 6) is 0. The predicted octanol–water partition coefficient (Wildman–Crippen LogP) is 3.21. The summed E-state index contributed by atoms with van der Waals surface area (Å²) >= 11 is 0. The molecule has 0 bridgehead atoms. The Kier molecular flexibility index (Phi) is 3.33. The van der Waals surface area contributed by atoms with Crippen molar-refractivity contribution in [2.24, 2.45) is 0 Å². The van der Waals surface area contributed by atoms with Gasteiger partial charge in [-0.2, -0.15) is 0 Å². The van der Waals surface area contributed by atoms with E-state index in [4.69, 9.17) is 5.73 Å². The summed E-state index contributed by atoms with van der Waals surface area (Å²) in [6.45, 7) is 2.98. The van der Waals surface area contributed by atoms with E-state index in [1.165, 1.54) is 16.8 Å². The summed E-state index contributed by atoms with van der Waals surface area (Å²) in [7, 11) is 2.10. The zero-order chi connectivity index (χ0) is 12.3. The number of anilines is 2. The van der Waals surface area contributed by atoms with Gasteiger partial charge < -0.3 is 10.6 Å². The summed E-state index contributed by atoms with van der Waals surface area (Å²) in [5, 5.41) is 0. The van der Waals surface area contributed by atoms with Crippen molar-refractivity contribution in [3.8, 4) is 0 Å². The van der Waals surface area contributed by atoms with Crippen molar-refractivity contribution in [2.45, 2.75) is 13.5 Å². The first-order chi connectivity index (χ1) is 8.15. The maximum atomic E-state index is 5.78. The molecule has 0 atom stereocenters. The van der Waals surface area contributed by atoms with Gasteiger partial charge >= 0.3 is 0 Å². The largest absolute Gasteiger partial charge is 0.399 e. The maximum Gasteiger partial charge on any atom is 0.0426 e. The van der Waals surface area contributed by atoms with E-state index < -0.39 is 0 Å². The van der Waals surface area contributed by atoms with Gasteiger partial charge in [-0.1, -0.05) is 24.3 Å². The predicted molar refractivity (Wildman–Crippen MR) is 74.1 cm³/mol. The third-order valence-electron chi connectivity index (χ3n) is 2.81. The lowest BCUT2D eigenvalue weighted by molar-refractivity contribution is 0.922. The molecular weight excluding hydrogens is 208 g/mol. The van der Waals surface area contributed by atoms with Crippen molar-refractivity contribution >= 4 is 11.4 Å². The number of nitrogens with zero attached hydrogens (tertiary/aromatic N) is 1. The number of nitrogens with two attached hydrogens (primary N) is 1. The Labute approximate surface area is 103 Å². The molecule has 0 fully saturated rings. The molecule has 0 saturated carbocycles. The second-order valence-electron chi connectivity index (χ2n) is 4.44. The molecule has 2 nitrogen and oxygen atoms in total. The van der Waals surface area contributed by atoms with Crippen LogP contribution >= 0.6 is 0 Å². The van der Waals surface area contributed by atoms with E-state index >= 15 is 0 Å². The van der Waals surface area contributed by atoms with E-state index in [9.17, 15) is 0 Å². The van der Waals surface area contributed by atoms with Gasteiger partial charge in [0.05, 0.1) is 0 Å². The van der Waals surface area contributed by atoms with Gasteiger partial charge in [0.1, 0.15) is 0 Å². The van der Waals surface area contributed by atoms with E-state index in [1.807, 2.05) is 18.2 Å². The Morgan fingerprint density at radius 1 is 1.06 bits per heavy atom. The van der Waals surface area contributed by atoms with Gasteiger partial charge in [-0.25, -0.2) is 0 Å². The standard InChI is InChI=1S/C15H18N2/c1-12-5-3-8-15(9-12)17(2)11-13-6-4-7-14(16)10-13/h3-10H,11,16H2,1-2H3. The molecule has 0 amide bonds. The van der Waals surface area contributed by atoms with E-state index in [0.29, 0.717) is 0 Å². The highest BCUT2D eigenvalue weighted by molar-refractivity contribution is 5.49. The van der Waals surface area contributed by atoms with Crippen LogP contribution < -0.4 is 10.6 Å². The van der Waals surface area contributed by atoms with Crippen LogP contribution in [0.2, 0.25) is 0 Å². The van der Waals surface area contributed by atoms with Crippen LogP contribution in [0.4, 0.5) is 11.4 Å². The molecule has 0 radical (unpaired) electrons. The van der Waals surface area contributed by atoms with Gasteiger partial charge in [0.15, 0.2) is 0 Å². The highest BCUT2D eigenvalue weighted by Crippen LogP contribution is 2.17. The Bertz CT molecular complexity index is 506. The van der Waals surface area contributed by atoms with Crippen molar-refractivity contribution in [1.29, 1.82) is 0 Å². The molecule has 0 spiro atoms. The van der Waals surface area contributed by atoms with E-state index in [2.05, 4.69) is 49.2 Å². The molecule has 0 aliphatic heterocycles. The molecule has 0 saturated heterocycles. The van der Waals surface area contributed by atoms with Gasteiger partial charge in [-0.05, 0) is 42.3 Å². The molecule has 0 unspecified atom stereocenters. The van der Waals surface area contributed by atoms with Gasteiger partial charge in [0.25, 0.3) is 0 Å². The van der Waals surface area contributed by atoms with E-state index in [-0.39, 0.29) is 0 Å². The zero-order valence-electron chi connectivity index (χ0n) is 10.4. The molecule has 0 aliphatic carbocycles. The number of benzene rings is 2. The second kappa shape index (κ2) is 4.91. The molecule has 2 rings (SSSR count). The molecule has 2 N–H and O–H groups in total. The Balaban J connectivity index is 2.14. The highest BCUT2D eigenvalue weighted by atomic mass is 15.1.